The van der Waals surface area contributed by atoms with Crippen LogP contribution in [0.25, 0.3) is 0 Å². The quantitative estimate of drug-likeness (QED) is 0.580. The summed E-state index contributed by atoms with van der Waals surface area (Å²) in [6.45, 7) is 8.29. The van der Waals surface area contributed by atoms with Gasteiger partial charge in [0.25, 0.3) is 0 Å². The normalized spacial score (nSPS) is 23.5. The van der Waals surface area contributed by atoms with Crippen molar-refractivity contribution in [2.75, 3.05) is 17.2 Å². The molecule has 2 aliphatic rings. The smallest absolute Gasteiger partial charge is 0.338 e. The summed E-state index contributed by atoms with van der Waals surface area (Å²) < 4.78 is 5.01. The third kappa shape index (κ3) is 4.13. The van der Waals surface area contributed by atoms with Crippen LogP contribution in [0.2, 0.25) is 0 Å². The van der Waals surface area contributed by atoms with Gasteiger partial charge < -0.3 is 15.4 Å². The molecule has 3 N–H and O–H groups in total. The third-order valence-electron chi connectivity index (χ3n) is 6.51. The Balaban J connectivity index is 1.63. The van der Waals surface area contributed by atoms with Crippen LogP contribution < -0.4 is 16.0 Å². The highest BCUT2D eigenvalue weighted by atomic mass is 16.5. The molecule has 2 amide bonds. The maximum Gasteiger partial charge on any atom is 0.338 e. The van der Waals surface area contributed by atoms with E-state index in [1.165, 1.54) is 0 Å². The maximum absolute atomic E-state index is 13.5. The zero-order valence-electron chi connectivity index (χ0n) is 19.5. The number of hydrogen-bond donors (Lipinski definition) is 3. The molecule has 7 nitrogen and oxygen atoms in total. The molecule has 33 heavy (non-hydrogen) atoms. The minimum atomic E-state index is -1.10. The van der Waals surface area contributed by atoms with E-state index >= 15 is 0 Å². The van der Waals surface area contributed by atoms with Gasteiger partial charge in [0.2, 0.25) is 11.8 Å². The Hall–Kier alpha value is -3.19. The second-order valence-electron chi connectivity index (χ2n) is 9.31. The lowest BCUT2D eigenvalue weighted by Crippen LogP contribution is -2.52. The predicted octanol–water partition coefficient (Wildman–Crippen LogP) is 3.98. The summed E-state index contributed by atoms with van der Waals surface area (Å²) in [4.78, 5) is 38.8. The number of carbonyl (C=O) groups is 3. The van der Waals surface area contributed by atoms with Crippen LogP contribution >= 0.6 is 0 Å². The first-order valence-electron chi connectivity index (χ1n) is 11.5. The predicted molar refractivity (Wildman–Crippen MR) is 127 cm³/mol. The van der Waals surface area contributed by atoms with Crippen LogP contribution in [0.5, 0.6) is 0 Å². The number of ether oxygens (including phenoxy) is 1. The summed E-state index contributed by atoms with van der Waals surface area (Å²) in [5.74, 6) is -0.953. The van der Waals surface area contributed by atoms with Crippen LogP contribution in [-0.2, 0) is 19.9 Å². The van der Waals surface area contributed by atoms with E-state index in [-0.39, 0.29) is 17.9 Å². The van der Waals surface area contributed by atoms with Crippen LogP contribution in [0, 0.1) is 18.8 Å². The lowest BCUT2D eigenvalue weighted by molar-refractivity contribution is -0.130. The van der Waals surface area contributed by atoms with E-state index < -0.39 is 17.4 Å². The van der Waals surface area contributed by atoms with Gasteiger partial charge in [0, 0.05) is 23.0 Å². The van der Waals surface area contributed by atoms with Gasteiger partial charge in [-0.1, -0.05) is 32.0 Å². The lowest BCUT2D eigenvalue weighted by Gasteiger charge is -2.29. The molecular weight excluding hydrogens is 418 g/mol. The first-order valence-corrected chi connectivity index (χ1v) is 11.5. The molecule has 174 valence electrons. The number of rotatable bonds is 6. The maximum atomic E-state index is 13.5. The van der Waals surface area contributed by atoms with Gasteiger partial charge in [-0.3, -0.25) is 14.9 Å². The Labute approximate surface area is 194 Å². The highest BCUT2D eigenvalue weighted by molar-refractivity contribution is 6.11. The second kappa shape index (κ2) is 8.98. The van der Waals surface area contributed by atoms with E-state index in [1.807, 2.05) is 25.1 Å². The molecule has 1 spiro atoms. The van der Waals surface area contributed by atoms with Crippen molar-refractivity contribution in [2.45, 2.75) is 52.1 Å². The molecular formula is C26H31N3O4. The van der Waals surface area contributed by atoms with Gasteiger partial charge in [-0.15, -0.1) is 0 Å². The summed E-state index contributed by atoms with van der Waals surface area (Å²) in [7, 11) is 0. The Morgan fingerprint density at radius 3 is 2.58 bits per heavy atom. The summed E-state index contributed by atoms with van der Waals surface area (Å²) >= 11 is 0. The SMILES string of the molecule is CCOC(=O)c1ccc(NC(=O)[C@H]2C[C@H](CC(C)C)N[C@]23C(=O)Nc2c(C)cccc23)cc1. The van der Waals surface area contributed by atoms with E-state index in [4.69, 9.17) is 4.74 Å². The first-order chi connectivity index (χ1) is 15.8. The minimum Gasteiger partial charge on any atom is -0.462 e. The van der Waals surface area contributed by atoms with Crippen LogP contribution in [0.3, 0.4) is 0 Å². The number of carbonyl (C=O) groups excluding carboxylic acids is 3. The van der Waals surface area contributed by atoms with Gasteiger partial charge in [0.1, 0.15) is 5.54 Å². The molecule has 0 unspecified atom stereocenters. The Bertz CT molecular complexity index is 1080. The second-order valence-corrected chi connectivity index (χ2v) is 9.31. The molecule has 0 saturated carbocycles. The number of aryl methyl sites for hydroxylation is 1. The molecule has 0 aromatic heterocycles. The van der Waals surface area contributed by atoms with Crippen LogP contribution in [-0.4, -0.2) is 30.4 Å². The number of para-hydroxylation sites is 1. The topological polar surface area (TPSA) is 96.5 Å². The molecule has 2 heterocycles. The van der Waals surface area contributed by atoms with Gasteiger partial charge in [-0.25, -0.2) is 4.79 Å². The molecule has 4 rings (SSSR count). The van der Waals surface area contributed by atoms with Gasteiger partial charge in [-0.2, -0.15) is 0 Å². The number of hydrogen-bond acceptors (Lipinski definition) is 5. The van der Waals surface area contributed by atoms with Crippen molar-refractivity contribution in [3.05, 3.63) is 59.2 Å². The average molecular weight is 450 g/mol. The minimum absolute atomic E-state index is 0.0455. The molecule has 3 atom stereocenters. The van der Waals surface area contributed by atoms with Crippen LogP contribution in [0.4, 0.5) is 11.4 Å². The van der Waals surface area contributed by atoms with Crippen molar-refractivity contribution in [1.29, 1.82) is 0 Å². The molecule has 2 aromatic carbocycles. The molecule has 0 bridgehead atoms. The summed E-state index contributed by atoms with van der Waals surface area (Å²) in [5, 5.41) is 9.53. The Morgan fingerprint density at radius 1 is 1.18 bits per heavy atom. The zero-order chi connectivity index (χ0) is 23.8. The molecule has 1 saturated heterocycles. The Morgan fingerprint density at radius 2 is 1.91 bits per heavy atom. The number of amides is 2. The zero-order valence-corrected chi connectivity index (χ0v) is 19.5. The molecule has 0 aliphatic carbocycles. The van der Waals surface area contributed by atoms with Gasteiger partial charge >= 0.3 is 5.97 Å². The standard InChI is InChI=1S/C26H31N3O4/c1-5-33-24(31)17-9-11-18(12-10-17)27-23(30)21-14-19(13-15(2)3)29-26(21)20-8-6-7-16(4)22(20)28-25(26)32/h6-12,15,19,21,29H,5,13-14H2,1-4H3,(H,27,30)(H,28,32)/t19-,21+,26-/m0/s1. The van der Waals surface area contributed by atoms with Crippen molar-refractivity contribution in [3.8, 4) is 0 Å². The number of anilines is 2. The van der Waals surface area contributed by atoms with Crippen LogP contribution in [0.1, 0.15) is 55.1 Å². The highest BCUT2D eigenvalue weighted by Crippen LogP contribution is 2.48. The Kier molecular flexibility index (Phi) is 6.26. The van der Waals surface area contributed by atoms with E-state index in [9.17, 15) is 14.4 Å². The van der Waals surface area contributed by atoms with Crippen molar-refractivity contribution >= 4 is 29.2 Å². The monoisotopic (exact) mass is 449 g/mol. The number of esters is 1. The molecule has 2 aromatic rings. The van der Waals surface area contributed by atoms with E-state index in [0.29, 0.717) is 30.2 Å². The molecule has 2 aliphatic heterocycles. The van der Waals surface area contributed by atoms with Gasteiger partial charge in [-0.05, 0) is 62.4 Å². The van der Waals surface area contributed by atoms with E-state index in [0.717, 1.165) is 23.2 Å². The first kappa shape index (κ1) is 23.0. The van der Waals surface area contributed by atoms with Crippen LogP contribution in [0.15, 0.2) is 42.5 Å². The average Bonchev–Trinajstić information content (AvgIpc) is 3.28. The van der Waals surface area contributed by atoms with Crippen molar-refractivity contribution < 1.29 is 19.1 Å². The fourth-order valence-electron chi connectivity index (χ4n) is 5.09. The number of nitrogens with one attached hydrogen (secondary N) is 3. The largest absolute Gasteiger partial charge is 0.462 e. The van der Waals surface area contributed by atoms with Crippen molar-refractivity contribution in [3.63, 3.8) is 0 Å². The highest BCUT2D eigenvalue weighted by Gasteiger charge is 2.60. The molecule has 7 heteroatoms. The lowest BCUT2D eigenvalue weighted by atomic mass is 9.79. The van der Waals surface area contributed by atoms with E-state index in [1.54, 1.807) is 31.2 Å². The van der Waals surface area contributed by atoms with Gasteiger partial charge in [0.15, 0.2) is 0 Å². The number of fused-ring (bicyclic) bond motifs is 2. The van der Waals surface area contributed by atoms with Crippen molar-refractivity contribution in [2.24, 2.45) is 11.8 Å². The van der Waals surface area contributed by atoms with Gasteiger partial charge in [0.05, 0.1) is 18.1 Å². The molecule has 0 radical (unpaired) electrons. The summed E-state index contributed by atoms with van der Waals surface area (Å²) in [5.41, 5.74) is 2.48. The molecule has 1 fully saturated rings. The fourth-order valence-corrected chi connectivity index (χ4v) is 5.09. The van der Waals surface area contributed by atoms with E-state index in [2.05, 4.69) is 29.8 Å². The fraction of sp³-hybridized carbons (Fsp3) is 0.423. The summed E-state index contributed by atoms with van der Waals surface area (Å²) in [6.07, 6.45) is 1.43. The van der Waals surface area contributed by atoms with Crippen molar-refractivity contribution in [1.82, 2.24) is 5.32 Å². The number of benzene rings is 2. The third-order valence-corrected chi connectivity index (χ3v) is 6.51. The summed E-state index contributed by atoms with van der Waals surface area (Å²) in [6, 6.07) is 12.5.